The molecule has 0 aliphatic carbocycles. The summed E-state index contributed by atoms with van der Waals surface area (Å²) in [4.78, 5) is 12.3. The van der Waals surface area contributed by atoms with Crippen LogP contribution in [0.2, 0.25) is 0 Å². The van der Waals surface area contributed by atoms with Gasteiger partial charge in [-0.25, -0.2) is 0 Å². The maximum atomic E-state index is 12.3. The molecule has 270 valence electrons. The summed E-state index contributed by atoms with van der Waals surface area (Å²) in [6.45, 7) is 7.16. The molecule has 3 aliphatic heterocycles. The van der Waals surface area contributed by atoms with Crippen LogP contribution < -0.4 is 16.8 Å². The number of methoxy groups -OCH3 is 1. The minimum absolute atomic E-state index is 0.0484. The first-order valence-electron chi connectivity index (χ1n) is 15.9. The highest BCUT2D eigenvalue weighted by molar-refractivity contribution is 5.73. The highest BCUT2D eigenvalue weighted by Gasteiger charge is 2.53. The molecule has 0 spiro atoms. The molecule has 1 amide bonds. The molecule has 6 unspecified atom stereocenters. The van der Waals surface area contributed by atoms with Crippen molar-refractivity contribution in [2.24, 2.45) is 17.4 Å². The second-order valence-electron chi connectivity index (χ2n) is 11.9. The lowest BCUT2D eigenvalue weighted by Crippen LogP contribution is -2.69. The van der Waals surface area contributed by atoms with Gasteiger partial charge in [0.1, 0.15) is 42.7 Å². The molecule has 0 aromatic rings. The van der Waals surface area contributed by atoms with Crippen molar-refractivity contribution in [3.05, 3.63) is 0 Å². The number of nitrogens with two attached hydrogens (primary N) is 2. The van der Waals surface area contributed by atoms with Gasteiger partial charge in [0, 0.05) is 26.6 Å². The molecule has 3 saturated heterocycles. The Morgan fingerprint density at radius 2 is 1.43 bits per heavy atom. The third kappa shape index (κ3) is 10.2. The number of carbonyl (C=O) groups is 1. The highest BCUT2D eigenvalue weighted by atomic mass is 16.8. The fraction of sp³-hybridized carbons (Fsp3) is 0.966. The maximum Gasteiger partial charge on any atom is 0.217 e. The van der Waals surface area contributed by atoms with E-state index in [1.807, 2.05) is 6.92 Å². The number of aliphatic hydroxyl groups is 4. The van der Waals surface area contributed by atoms with Gasteiger partial charge in [0.15, 0.2) is 18.9 Å². The number of hydrogen-bond donors (Lipinski definition) is 7. The minimum atomic E-state index is -1.51. The lowest BCUT2D eigenvalue weighted by molar-refractivity contribution is -0.360. The van der Waals surface area contributed by atoms with E-state index in [4.69, 9.17) is 54.1 Å². The third-order valence-corrected chi connectivity index (χ3v) is 8.32. The zero-order valence-electron chi connectivity index (χ0n) is 27.3. The van der Waals surface area contributed by atoms with Gasteiger partial charge in [-0.2, -0.15) is 0 Å². The number of carbonyl (C=O) groups excluding carboxylic acids is 1. The molecule has 3 heterocycles. The fourth-order valence-electron chi connectivity index (χ4n) is 5.69. The Hall–Kier alpha value is -1.13. The fourth-order valence-corrected chi connectivity index (χ4v) is 5.69. The standard InChI is InChI=1S/C29H55N3O14/c1-6-8-39-12-17-25(23(36)19(30)15(3)42-17)45-29-21(32-16(4)34)24(37)26(18(43-29)13-40-9-7-33)44-28-20(31)22(35)14(2)27(46-28)41-11-10-38-5/h14-15,17-29,33,35-37H,6-13,30-31H2,1-5H3,(H,32,34)/t14-,15-,17?,18-,19?,20?,21?,22-,23+,24?,25+,26+,27?,28+,29-/m0/s1. The molecule has 0 radical (unpaired) electrons. The second kappa shape index (κ2) is 19.2. The van der Waals surface area contributed by atoms with Crippen molar-refractivity contribution in [3.63, 3.8) is 0 Å². The Morgan fingerprint density at radius 3 is 2.07 bits per heavy atom. The molecule has 0 bridgehead atoms. The maximum absolute atomic E-state index is 12.3. The average molecular weight is 670 g/mol. The first-order chi connectivity index (χ1) is 21.9. The van der Waals surface area contributed by atoms with Crippen LogP contribution in [-0.4, -0.2) is 166 Å². The van der Waals surface area contributed by atoms with Gasteiger partial charge in [0.25, 0.3) is 0 Å². The summed E-state index contributed by atoms with van der Waals surface area (Å²) in [5.74, 6) is -1.02. The summed E-state index contributed by atoms with van der Waals surface area (Å²) < 4.78 is 52.7. The van der Waals surface area contributed by atoms with E-state index in [2.05, 4.69) is 5.32 Å². The van der Waals surface area contributed by atoms with E-state index in [1.165, 1.54) is 14.0 Å². The summed E-state index contributed by atoms with van der Waals surface area (Å²) in [5.41, 5.74) is 12.5. The van der Waals surface area contributed by atoms with Gasteiger partial charge in [0.2, 0.25) is 5.91 Å². The predicted molar refractivity (Wildman–Crippen MR) is 159 cm³/mol. The van der Waals surface area contributed by atoms with Crippen LogP contribution in [0, 0.1) is 5.92 Å². The van der Waals surface area contributed by atoms with E-state index in [0.29, 0.717) is 6.61 Å². The second-order valence-corrected chi connectivity index (χ2v) is 11.9. The third-order valence-electron chi connectivity index (χ3n) is 8.32. The lowest BCUT2D eigenvalue weighted by Gasteiger charge is -2.50. The summed E-state index contributed by atoms with van der Waals surface area (Å²) in [6.07, 6.45) is -11.2. The van der Waals surface area contributed by atoms with Crippen molar-refractivity contribution in [2.45, 2.75) is 120 Å². The average Bonchev–Trinajstić information content (AvgIpc) is 3.02. The number of ether oxygens (including phenoxy) is 9. The van der Waals surface area contributed by atoms with Crippen LogP contribution in [-0.2, 0) is 47.4 Å². The Kier molecular flexibility index (Phi) is 16.4. The molecular weight excluding hydrogens is 614 g/mol. The Labute approximate surface area is 270 Å². The van der Waals surface area contributed by atoms with Gasteiger partial charge in [-0.15, -0.1) is 0 Å². The van der Waals surface area contributed by atoms with Crippen LogP contribution in [0.4, 0.5) is 0 Å². The van der Waals surface area contributed by atoms with Crippen molar-refractivity contribution in [3.8, 4) is 0 Å². The number of nitrogens with one attached hydrogen (secondary N) is 1. The highest BCUT2D eigenvalue weighted by Crippen LogP contribution is 2.33. The normalized spacial score (nSPS) is 41.8. The van der Waals surface area contributed by atoms with Gasteiger partial charge in [0.05, 0.1) is 63.9 Å². The molecule has 3 rings (SSSR count). The van der Waals surface area contributed by atoms with Crippen molar-refractivity contribution in [1.29, 1.82) is 0 Å². The first-order valence-corrected chi connectivity index (χ1v) is 15.9. The van der Waals surface area contributed by atoms with Crippen LogP contribution in [0.5, 0.6) is 0 Å². The van der Waals surface area contributed by atoms with E-state index in [9.17, 15) is 25.2 Å². The number of hydrogen-bond acceptors (Lipinski definition) is 16. The van der Waals surface area contributed by atoms with Gasteiger partial charge in [-0.05, 0) is 13.3 Å². The summed E-state index contributed by atoms with van der Waals surface area (Å²) in [5, 5.41) is 45.7. The first kappa shape index (κ1) is 39.3. The molecule has 17 heteroatoms. The molecule has 3 aliphatic rings. The van der Waals surface area contributed by atoms with E-state index in [1.54, 1.807) is 13.8 Å². The van der Waals surface area contributed by atoms with E-state index in [0.717, 1.165) is 6.42 Å². The lowest BCUT2D eigenvalue weighted by atomic mass is 9.92. The van der Waals surface area contributed by atoms with E-state index in [-0.39, 0.29) is 39.6 Å². The van der Waals surface area contributed by atoms with Crippen LogP contribution in [0.25, 0.3) is 0 Å². The predicted octanol–water partition coefficient (Wildman–Crippen LogP) is -3.07. The molecule has 15 atom stereocenters. The van der Waals surface area contributed by atoms with Gasteiger partial charge < -0.3 is 79.8 Å². The molecule has 9 N–H and O–H groups in total. The number of amides is 1. The zero-order valence-corrected chi connectivity index (χ0v) is 27.3. The van der Waals surface area contributed by atoms with Crippen molar-refractivity contribution < 1.29 is 67.9 Å². The smallest absolute Gasteiger partial charge is 0.217 e. The van der Waals surface area contributed by atoms with Crippen molar-refractivity contribution in [1.82, 2.24) is 5.32 Å². The molecule has 17 nitrogen and oxygen atoms in total. The summed E-state index contributed by atoms with van der Waals surface area (Å²) >= 11 is 0. The molecule has 3 fully saturated rings. The molecule has 0 aromatic heterocycles. The van der Waals surface area contributed by atoms with Gasteiger partial charge in [-0.1, -0.05) is 13.8 Å². The summed E-state index contributed by atoms with van der Waals surface area (Å²) in [6, 6.07) is -3.08. The number of rotatable bonds is 17. The SMILES string of the molecule is CCCOCC1O[C@@H](C)C(N)[C@@H](O)[C@@H]1O[C@@H]1O[C@@H](COCCO)[C@@H](O[C@@H]2OC(OCCOC)[C@@H](C)[C@H](O)C2N)C(O)C1NC(C)=O. The van der Waals surface area contributed by atoms with Gasteiger partial charge >= 0.3 is 0 Å². The van der Waals surface area contributed by atoms with Crippen molar-refractivity contribution in [2.75, 3.05) is 53.4 Å². The van der Waals surface area contributed by atoms with Crippen molar-refractivity contribution >= 4 is 5.91 Å². The van der Waals surface area contributed by atoms with E-state index >= 15 is 0 Å². The quantitative estimate of drug-likeness (QED) is 0.0760. The van der Waals surface area contributed by atoms with Crippen LogP contribution in [0.15, 0.2) is 0 Å². The molecular formula is C29H55N3O14. The topological polar surface area (TPSA) is 245 Å². The molecule has 0 saturated carbocycles. The Balaban J connectivity index is 1.88. The van der Waals surface area contributed by atoms with E-state index < -0.39 is 97.7 Å². The van der Waals surface area contributed by atoms with Crippen LogP contribution >= 0.6 is 0 Å². The Morgan fingerprint density at radius 1 is 0.804 bits per heavy atom. The summed E-state index contributed by atoms with van der Waals surface area (Å²) in [7, 11) is 1.52. The van der Waals surface area contributed by atoms with Crippen LogP contribution in [0.1, 0.15) is 34.1 Å². The van der Waals surface area contributed by atoms with Crippen LogP contribution in [0.3, 0.4) is 0 Å². The Bertz CT molecular complexity index is 894. The minimum Gasteiger partial charge on any atom is -0.394 e. The number of aliphatic hydroxyl groups excluding tert-OH is 4. The van der Waals surface area contributed by atoms with Gasteiger partial charge in [-0.3, -0.25) is 4.79 Å². The molecule has 46 heavy (non-hydrogen) atoms. The molecule has 0 aromatic carbocycles. The largest absolute Gasteiger partial charge is 0.394 e. The zero-order chi connectivity index (χ0) is 34.0. The monoisotopic (exact) mass is 669 g/mol.